The first kappa shape index (κ1) is 16.4. The molecule has 0 radical (unpaired) electrons. The highest BCUT2D eigenvalue weighted by Gasteiger charge is 2.42. The molecule has 1 aromatic heterocycles. The molecule has 0 amide bonds. The summed E-state index contributed by atoms with van der Waals surface area (Å²) < 4.78 is 1.17. The SMILES string of the molecule is CC1CCC(C(Cc2cc(Br)cs2)NN)(N(C)C)CC1. The van der Waals surface area contributed by atoms with Gasteiger partial charge in [0.2, 0.25) is 0 Å². The lowest BCUT2D eigenvalue weighted by molar-refractivity contribution is 0.0437. The molecule has 5 heteroatoms. The number of hydrogen-bond donors (Lipinski definition) is 2. The van der Waals surface area contributed by atoms with Crippen LogP contribution in [-0.4, -0.2) is 30.6 Å². The van der Waals surface area contributed by atoms with Crippen molar-refractivity contribution >= 4 is 27.3 Å². The summed E-state index contributed by atoms with van der Waals surface area (Å²) in [6.07, 6.45) is 6.04. The van der Waals surface area contributed by atoms with Crippen molar-refractivity contribution in [2.45, 2.75) is 50.6 Å². The van der Waals surface area contributed by atoms with Gasteiger partial charge in [-0.25, -0.2) is 0 Å². The maximum Gasteiger partial charge on any atom is 0.0442 e. The van der Waals surface area contributed by atoms with E-state index in [0.717, 1.165) is 12.3 Å². The van der Waals surface area contributed by atoms with E-state index in [1.54, 1.807) is 0 Å². The average molecular weight is 360 g/mol. The Morgan fingerprint density at radius 1 is 1.50 bits per heavy atom. The van der Waals surface area contributed by atoms with E-state index >= 15 is 0 Å². The Bertz CT molecular complexity index is 425. The normalized spacial score (nSPS) is 28.8. The molecule has 1 heterocycles. The van der Waals surface area contributed by atoms with E-state index in [1.807, 2.05) is 11.3 Å². The lowest BCUT2D eigenvalue weighted by atomic mass is 9.71. The molecule has 0 bridgehead atoms. The zero-order valence-electron chi connectivity index (χ0n) is 12.7. The summed E-state index contributed by atoms with van der Waals surface area (Å²) >= 11 is 5.35. The molecule has 3 N–H and O–H groups in total. The Morgan fingerprint density at radius 2 is 2.15 bits per heavy atom. The number of rotatable bonds is 5. The standard InChI is InChI=1S/C15H26BrN3S/c1-11-4-6-15(7-5-11,19(2)3)14(18-17)9-13-8-12(16)10-20-13/h8,10-11,14,18H,4-7,9,17H2,1-3H3. The van der Waals surface area contributed by atoms with Crippen molar-refractivity contribution < 1.29 is 0 Å². The Labute approximate surface area is 135 Å². The van der Waals surface area contributed by atoms with Crippen molar-refractivity contribution in [3.63, 3.8) is 0 Å². The highest BCUT2D eigenvalue weighted by Crippen LogP contribution is 2.39. The number of nitrogens with one attached hydrogen (secondary N) is 1. The third-order valence-corrected chi connectivity index (χ3v) is 6.63. The Balaban J connectivity index is 2.17. The van der Waals surface area contributed by atoms with Crippen LogP contribution in [0.15, 0.2) is 15.9 Å². The first-order valence-electron chi connectivity index (χ1n) is 7.34. The van der Waals surface area contributed by atoms with E-state index in [2.05, 4.69) is 58.7 Å². The van der Waals surface area contributed by atoms with Gasteiger partial charge in [0.25, 0.3) is 0 Å². The third-order valence-electron chi connectivity index (χ3n) is 4.91. The van der Waals surface area contributed by atoms with Gasteiger partial charge in [-0.1, -0.05) is 6.92 Å². The lowest BCUT2D eigenvalue weighted by Gasteiger charge is -2.49. The van der Waals surface area contributed by atoms with E-state index in [0.29, 0.717) is 6.04 Å². The van der Waals surface area contributed by atoms with E-state index in [1.165, 1.54) is 35.0 Å². The van der Waals surface area contributed by atoms with Crippen LogP contribution in [0.3, 0.4) is 0 Å². The molecule has 20 heavy (non-hydrogen) atoms. The smallest absolute Gasteiger partial charge is 0.0442 e. The maximum atomic E-state index is 5.93. The van der Waals surface area contributed by atoms with Crippen LogP contribution in [0.2, 0.25) is 0 Å². The zero-order chi connectivity index (χ0) is 14.8. The summed E-state index contributed by atoms with van der Waals surface area (Å²) in [4.78, 5) is 3.78. The molecule has 0 spiro atoms. The number of likely N-dealkylation sites (N-methyl/N-ethyl adjacent to an activating group) is 1. The van der Waals surface area contributed by atoms with Gasteiger partial charge < -0.3 is 4.90 Å². The van der Waals surface area contributed by atoms with Crippen molar-refractivity contribution in [3.8, 4) is 0 Å². The molecule has 1 atom stereocenters. The van der Waals surface area contributed by atoms with Gasteiger partial charge in [-0.15, -0.1) is 11.3 Å². The van der Waals surface area contributed by atoms with Crippen molar-refractivity contribution in [2.24, 2.45) is 11.8 Å². The summed E-state index contributed by atoms with van der Waals surface area (Å²) in [5.74, 6) is 6.78. The molecule has 0 aliphatic heterocycles. The van der Waals surface area contributed by atoms with E-state index < -0.39 is 0 Å². The number of nitrogens with zero attached hydrogens (tertiary/aromatic N) is 1. The quantitative estimate of drug-likeness (QED) is 0.625. The van der Waals surface area contributed by atoms with Crippen molar-refractivity contribution in [1.82, 2.24) is 10.3 Å². The number of hydrazine groups is 1. The van der Waals surface area contributed by atoms with Crippen molar-refractivity contribution in [2.75, 3.05) is 14.1 Å². The molecule has 0 aromatic carbocycles. The largest absolute Gasteiger partial charge is 0.302 e. The molecule has 1 aliphatic rings. The number of hydrogen-bond acceptors (Lipinski definition) is 4. The maximum absolute atomic E-state index is 5.93. The zero-order valence-corrected chi connectivity index (χ0v) is 15.1. The molecular formula is C15H26BrN3S. The Kier molecular flexibility index (Phi) is 5.65. The first-order chi connectivity index (χ1) is 9.48. The van der Waals surface area contributed by atoms with Gasteiger partial charge in [-0.3, -0.25) is 11.3 Å². The summed E-state index contributed by atoms with van der Waals surface area (Å²) in [6, 6.07) is 2.51. The molecule has 1 unspecified atom stereocenters. The summed E-state index contributed by atoms with van der Waals surface area (Å²) in [5, 5.41) is 2.15. The van der Waals surface area contributed by atoms with Gasteiger partial charge >= 0.3 is 0 Å². The second-order valence-corrected chi connectivity index (χ2v) is 8.25. The van der Waals surface area contributed by atoms with E-state index in [4.69, 9.17) is 5.84 Å². The Morgan fingerprint density at radius 3 is 2.60 bits per heavy atom. The topological polar surface area (TPSA) is 41.3 Å². The molecule has 2 rings (SSSR count). The van der Waals surface area contributed by atoms with E-state index in [9.17, 15) is 0 Å². The second kappa shape index (κ2) is 6.88. The summed E-state index contributed by atoms with van der Waals surface area (Å²) in [7, 11) is 4.40. The van der Waals surface area contributed by atoms with Gasteiger partial charge in [0, 0.05) is 32.7 Å². The number of halogens is 1. The average Bonchev–Trinajstić information content (AvgIpc) is 2.82. The molecular weight excluding hydrogens is 334 g/mol. The highest BCUT2D eigenvalue weighted by molar-refractivity contribution is 9.10. The molecule has 1 aliphatic carbocycles. The van der Waals surface area contributed by atoms with Gasteiger partial charge in [0.15, 0.2) is 0 Å². The lowest BCUT2D eigenvalue weighted by Crippen LogP contribution is -2.62. The fourth-order valence-electron chi connectivity index (χ4n) is 3.44. The molecule has 114 valence electrons. The predicted molar refractivity (Wildman–Crippen MR) is 90.9 cm³/mol. The van der Waals surface area contributed by atoms with Crippen LogP contribution in [0.1, 0.15) is 37.5 Å². The molecule has 1 saturated carbocycles. The number of nitrogens with two attached hydrogens (primary N) is 1. The van der Waals surface area contributed by atoms with Crippen molar-refractivity contribution in [3.05, 3.63) is 20.8 Å². The minimum atomic E-state index is 0.178. The van der Waals surface area contributed by atoms with Gasteiger partial charge in [0.05, 0.1) is 0 Å². The fraction of sp³-hybridized carbons (Fsp3) is 0.733. The van der Waals surface area contributed by atoms with Gasteiger partial charge in [-0.05, 0) is 67.7 Å². The van der Waals surface area contributed by atoms with Crippen LogP contribution in [0.25, 0.3) is 0 Å². The summed E-state index contributed by atoms with van der Waals surface area (Å²) in [5.41, 5.74) is 3.29. The van der Waals surface area contributed by atoms with E-state index in [-0.39, 0.29) is 5.54 Å². The number of thiophene rings is 1. The Hall–Kier alpha value is 0.0600. The molecule has 1 fully saturated rings. The molecule has 1 aromatic rings. The highest BCUT2D eigenvalue weighted by atomic mass is 79.9. The van der Waals surface area contributed by atoms with Crippen LogP contribution in [-0.2, 0) is 6.42 Å². The van der Waals surface area contributed by atoms with Crippen molar-refractivity contribution in [1.29, 1.82) is 0 Å². The molecule has 0 saturated heterocycles. The van der Waals surface area contributed by atoms with Gasteiger partial charge in [0.1, 0.15) is 0 Å². The predicted octanol–water partition coefficient (Wildman–Crippen LogP) is 3.40. The minimum Gasteiger partial charge on any atom is -0.302 e. The molecule has 3 nitrogen and oxygen atoms in total. The fourth-order valence-corrected chi connectivity index (χ4v) is 4.93. The van der Waals surface area contributed by atoms with Crippen LogP contribution in [0, 0.1) is 5.92 Å². The summed E-state index contributed by atoms with van der Waals surface area (Å²) in [6.45, 7) is 2.36. The minimum absolute atomic E-state index is 0.178. The van der Waals surface area contributed by atoms with Crippen LogP contribution < -0.4 is 11.3 Å². The van der Waals surface area contributed by atoms with Crippen LogP contribution >= 0.6 is 27.3 Å². The second-order valence-electron chi connectivity index (χ2n) is 6.34. The van der Waals surface area contributed by atoms with Crippen LogP contribution in [0.5, 0.6) is 0 Å². The first-order valence-corrected chi connectivity index (χ1v) is 9.01. The monoisotopic (exact) mass is 359 g/mol. The third kappa shape index (κ3) is 3.45. The van der Waals surface area contributed by atoms with Gasteiger partial charge in [-0.2, -0.15) is 0 Å². The van der Waals surface area contributed by atoms with Crippen LogP contribution in [0.4, 0.5) is 0 Å².